The molecule has 5 atom stereocenters. The fourth-order valence-corrected chi connectivity index (χ4v) is 6.04. The molecule has 0 aliphatic carbocycles. The number of carbonyl (C=O) groups excluding carboxylic acids is 5. The Kier molecular flexibility index (Phi) is 12.9. The predicted octanol–water partition coefficient (Wildman–Crippen LogP) is 1.34. The van der Waals surface area contributed by atoms with Gasteiger partial charge in [0.15, 0.2) is 86.6 Å². The maximum atomic E-state index is 13.8. The first kappa shape index (κ1) is 47.1. The minimum Gasteiger partial charge on any atom is -0.504 e. The average Bonchev–Trinajstić information content (AvgIpc) is 3.27. The van der Waals surface area contributed by atoms with Gasteiger partial charge in [-0.1, -0.05) is 0 Å². The minimum absolute atomic E-state index is 0.522. The van der Waals surface area contributed by atoms with Gasteiger partial charge in [-0.3, -0.25) is 0 Å². The molecule has 352 valence electrons. The number of ether oxygens (including phenoxy) is 6. The molecule has 0 amide bonds. The van der Waals surface area contributed by atoms with E-state index in [9.17, 15) is 101 Å². The predicted molar refractivity (Wildman–Crippen MR) is 209 cm³/mol. The zero-order chi connectivity index (χ0) is 49.3. The summed E-state index contributed by atoms with van der Waals surface area (Å²) >= 11 is 0. The molecule has 26 nitrogen and oxygen atoms in total. The highest BCUT2D eigenvalue weighted by molar-refractivity contribution is 5.95. The Morgan fingerprint density at radius 3 is 1.07 bits per heavy atom. The van der Waals surface area contributed by atoms with Crippen molar-refractivity contribution >= 4 is 29.8 Å². The zero-order valence-corrected chi connectivity index (χ0v) is 33.1. The second kappa shape index (κ2) is 18.3. The number of phenols is 14. The highest BCUT2D eigenvalue weighted by Crippen LogP contribution is 2.42. The topological polar surface area (TPSA) is 444 Å². The van der Waals surface area contributed by atoms with E-state index in [-0.39, 0.29) is 0 Å². The smallest absolute Gasteiger partial charge is 0.344 e. The van der Waals surface area contributed by atoms with E-state index in [1.165, 1.54) is 0 Å². The van der Waals surface area contributed by atoms with Crippen LogP contribution in [-0.4, -0.2) is 144 Å². The molecular formula is C41H32O26. The Balaban J connectivity index is 1.37. The van der Waals surface area contributed by atoms with Crippen LogP contribution in [0.3, 0.4) is 0 Å². The summed E-state index contributed by atoms with van der Waals surface area (Å²) in [6, 6.07) is 5.93. The number of rotatable bonds is 11. The van der Waals surface area contributed by atoms with Gasteiger partial charge in [-0.25, -0.2) is 24.0 Å². The molecule has 0 spiro atoms. The lowest BCUT2D eigenvalue weighted by atomic mass is 9.98. The molecule has 0 bridgehead atoms. The molecule has 6 rings (SSSR count). The Morgan fingerprint density at radius 1 is 0.403 bits per heavy atom. The number of hydrogen-bond donors (Lipinski definition) is 15. The van der Waals surface area contributed by atoms with E-state index >= 15 is 0 Å². The SMILES string of the molecule is O=C(OC[C@H]1O[C@@H](OC(=O)c2cc(O)c(O)c(O)c2)[C@H](OC(=O)c2cc(O)c(O)c(O)c2)[C@@H](OC(=O)c2cc(O)c(OC(=O)c3cc(O)c(O)c(O)c3)c(O)c2)[C@@H]1O)c1cc(O)c(O)c(O)c1. The largest absolute Gasteiger partial charge is 0.504 e. The number of hydrogen-bond acceptors (Lipinski definition) is 26. The van der Waals surface area contributed by atoms with Crippen molar-refractivity contribution in [2.24, 2.45) is 0 Å². The van der Waals surface area contributed by atoms with Crippen molar-refractivity contribution in [3.63, 3.8) is 0 Å². The van der Waals surface area contributed by atoms with Crippen LogP contribution in [0.5, 0.6) is 86.2 Å². The van der Waals surface area contributed by atoms with Crippen molar-refractivity contribution in [1.82, 2.24) is 0 Å². The molecule has 1 fully saturated rings. The Morgan fingerprint density at radius 2 is 0.701 bits per heavy atom. The fourth-order valence-electron chi connectivity index (χ4n) is 6.04. The number of aliphatic hydroxyl groups excluding tert-OH is 1. The summed E-state index contributed by atoms with van der Waals surface area (Å²) in [5.41, 5.74) is -3.56. The molecule has 5 aromatic carbocycles. The number of carbonyl (C=O) groups is 5. The quantitative estimate of drug-likeness (QED) is 0.0384. The maximum Gasteiger partial charge on any atom is 0.344 e. The van der Waals surface area contributed by atoms with Gasteiger partial charge in [0.05, 0.1) is 27.8 Å². The van der Waals surface area contributed by atoms with Crippen molar-refractivity contribution in [2.75, 3.05) is 6.61 Å². The second-order valence-corrected chi connectivity index (χ2v) is 14.0. The van der Waals surface area contributed by atoms with Gasteiger partial charge in [0.25, 0.3) is 0 Å². The molecule has 1 saturated heterocycles. The Labute approximate surface area is 370 Å². The lowest BCUT2D eigenvalue weighted by molar-refractivity contribution is -0.283. The van der Waals surface area contributed by atoms with E-state index in [4.69, 9.17) is 28.4 Å². The summed E-state index contributed by atoms with van der Waals surface area (Å²) in [6.45, 7) is -1.14. The van der Waals surface area contributed by atoms with Crippen LogP contribution in [0.1, 0.15) is 51.8 Å². The standard InChI is InChI=1S/C41H32O26/c42-17-1-12(2-18(43)28(17)52)36(57)62-11-27-32(56)34(65-38(59)16-9-25(50)33(26(51)10-16)64-37(58)13-3-19(44)29(53)20(45)4-13)35(66-39(60)14-5-21(46)30(54)22(47)6-14)41(63-27)67-40(61)15-7-23(48)31(55)24(49)8-15/h1-10,27,32,34-35,41-56H,11H2/t27-,32-,34+,35-,41+/m1/s1. The molecule has 0 unspecified atom stereocenters. The Bertz CT molecular complexity index is 2720. The highest BCUT2D eigenvalue weighted by atomic mass is 16.7. The number of esters is 5. The summed E-state index contributed by atoms with van der Waals surface area (Å²) in [6.07, 6.45) is -11.7. The van der Waals surface area contributed by atoms with Gasteiger partial charge in [-0.05, 0) is 60.7 Å². The van der Waals surface area contributed by atoms with Crippen LogP contribution in [0, 0.1) is 0 Å². The molecule has 1 aliphatic heterocycles. The average molecular weight is 941 g/mol. The van der Waals surface area contributed by atoms with E-state index < -0.39 is 181 Å². The summed E-state index contributed by atoms with van der Waals surface area (Å²) in [7, 11) is 0. The molecule has 0 radical (unpaired) electrons. The highest BCUT2D eigenvalue weighted by Gasteiger charge is 2.52. The Hall–Kier alpha value is -9.43. The lowest BCUT2D eigenvalue weighted by Crippen LogP contribution is -2.62. The lowest BCUT2D eigenvalue weighted by Gasteiger charge is -2.42. The van der Waals surface area contributed by atoms with Crippen molar-refractivity contribution in [2.45, 2.75) is 30.7 Å². The first-order chi connectivity index (χ1) is 31.4. The third kappa shape index (κ3) is 9.73. The first-order valence-corrected chi connectivity index (χ1v) is 18.4. The van der Waals surface area contributed by atoms with Gasteiger partial charge in [-0.15, -0.1) is 0 Å². The number of aliphatic hydroxyl groups is 1. The zero-order valence-electron chi connectivity index (χ0n) is 33.1. The van der Waals surface area contributed by atoms with Gasteiger partial charge >= 0.3 is 29.8 Å². The van der Waals surface area contributed by atoms with Crippen LogP contribution in [0.4, 0.5) is 0 Å². The van der Waals surface area contributed by atoms with E-state index in [2.05, 4.69) is 0 Å². The molecule has 1 heterocycles. The van der Waals surface area contributed by atoms with Crippen molar-refractivity contribution < 1.29 is 129 Å². The minimum atomic E-state index is -2.46. The van der Waals surface area contributed by atoms with Gasteiger partial charge in [0, 0.05) is 0 Å². The van der Waals surface area contributed by atoms with Crippen LogP contribution < -0.4 is 4.74 Å². The fraction of sp³-hybridized carbons (Fsp3) is 0.146. The summed E-state index contributed by atoms with van der Waals surface area (Å²) < 4.78 is 31.9. The van der Waals surface area contributed by atoms with E-state index in [0.717, 1.165) is 0 Å². The molecule has 0 aromatic heterocycles. The molecule has 15 N–H and O–H groups in total. The second-order valence-electron chi connectivity index (χ2n) is 14.0. The number of phenolic OH excluding ortho intramolecular Hbond substituents is 14. The normalized spacial score (nSPS) is 17.7. The van der Waals surface area contributed by atoms with Crippen molar-refractivity contribution in [3.05, 3.63) is 88.5 Å². The monoisotopic (exact) mass is 940 g/mol. The maximum absolute atomic E-state index is 13.8. The van der Waals surface area contributed by atoms with Crippen LogP contribution in [0.2, 0.25) is 0 Å². The molecule has 0 saturated carbocycles. The van der Waals surface area contributed by atoms with E-state index in [0.29, 0.717) is 60.7 Å². The van der Waals surface area contributed by atoms with Gasteiger partial charge in [0.1, 0.15) is 18.8 Å². The van der Waals surface area contributed by atoms with Gasteiger partial charge < -0.3 is 105 Å². The summed E-state index contributed by atoms with van der Waals surface area (Å²) in [4.78, 5) is 66.5. The summed E-state index contributed by atoms with van der Waals surface area (Å²) in [5, 5.41) is 151. The van der Waals surface area contributed by atoms with Gasteiger partial charge in [-0.2, -0.15) is 0 Å². The van der Waals surface area contributed by atoms with E-state index in [1.54, 1.807) is 0 Å². The van der Waals surface area contributed by atoms with E-state index in [1.807, 2.05) is 0 Å². The number of aromatic hydroxyl groups is 14. The van der Waals surface area contributed by atoms with Crippen LogP contribution in [0.15, 0.2) is 60.7 Å². The first-order valence-electron chi connectivity index (χ1n) is 18.4. The van der Waals surface area contributed by atoms with Gasteiger partial charge in [0.2, 0.25) is 18.1 Å². The molecule has 5 aromatic rings. The third-order valence-corrected chi connectivity index (χ3v) is 9.41. The van der Waals surface area contributed by atoms with Crippen LogP contribution in [-0.2, 0) is 23.7 Å². The van der Waals surface area contributed by atoms with Crippen molar-refractivity contribution in [1.29, 1.82) is 0 Å². The summed E-state index contributed by atoms with van der Waals surface area (Å²) in [5.74, 6) is -23.4. The van der Waals surface area contributed by atoms with Crippen molar-refractivity contribution in [3.8, 4) is 86.2 Å². The molecule has 26 heteroatoms. The molecular weight excluding hydrogens is 908 g/mol. The molecule has 1 aliphatic rings. The van der Waals surface area contributed by atoms with Crippen LogP contribution in [0.25, 0.3) is 0 Å². The third-order valence-electron chi connectivity index (χ3n) is 9.41. The number of benzene rings is 5. The van der Waals surface area contributed by atoms with Crippen LogP contribution >= 0.6 is 0 Å². The molecule has 67 heavy (non-hydrogen) atoms.